The lowest BCUT2D eigenvalue weighted by molar-refractivity contribution is -0.131. The van der Waals surface area contributed by atoms with Crippen LogP contribution in [0, 0.1) is 0 Å². The SMILES string of the molecule is CCOC(=O)c1ccc(-c2ccc(/C=C3/C(=O)NC(=O)N(C4CCCC4)C3=O)o2)cc1. The lowest BCUT2D eigenvalue weighted by Gasteiger charge is -2.30. The van der Waals surface area contributed by atoms with Crippen molar-refractivity contribution >= 4 is 29.9 Å². The monoisotopic (exact) mass is 422 g/mol. The number of imide groups is 2. The van der Waals surface area contributed by atoms with Crippen LogP contribution in [0.15, 0.2) is 46.4 Å². The molecule has 1 aliphatic carbocycles. The molecule has 0 unspecified atom stereocenters. The molecule has 2 aromatic rings. The summed E-state index contributed by atoms with van der Waals surface area (Å²) in [5.41, 5.74) is 1.02. The van der Waals surface area contributed by atoms with Gasteiger partial charge in [0, 0.05) is 11.6 Å². The molecule has 1 saturated heterocycles. The van der Waals surface area contributed by atoms with Crippen LogP contribution in [0.1, 0.15) is 48.7 Å². The van der Waals surface area contributed by atoms with Crippen molar-refractivity contribution in [3.05, 3.63) is 53.3 Å². The van der Waals surface area contributed by atoms with E-state index in [1.54, 1.807) is 43.3 Å². The molecule has 4 amide bonds. The number of carbonyl (C=O) groups is 4. The zero-order valence-corrected chi connectivity index (χ0v) is 17.1. The van der Waals surface area contributed by atoms with Gasteiger partial charge in [-0.15, -0.1) is 0 Å². The molecule has 31 heavy (non-hydrogen) atoms. The second-order valence-corrected chi connectivity index (χ2v) is 7.43. The molecular formula is C23H22N2O6. The highest BCUT2D eigenvalue weighted by molar-refractivity contribution is 6.31. The number of carbonyl (C=O) groups excluding carboxylic acids is 4. The van der Waals surface area contributed by atoms with Gasteiger partial charge in [-0.3, -0.25) is 19.8 Å². The number of nitrogens with zero attached hydrogens (tertiary/aromatic N) is 1. The summed E-state index contributed by atoms with van der Waals surface area (Å²) in [7, 11) is 0. The average molecular weight is 422 g/mol. The largest absolute Gasteiger partial charge is 0.462 e. The van der Waals surface area contributed by atoms with Gasteiger partial charge in [0.15, 0.2) is 0 Å². The summed E-state index contributed by atoms with van der Waals surface area (Å²) < 4.78 is 10.7. The average Bonchev–Trinajstić information content (AvgIpc) is 3.44. The smallest absolute Gasteiger partial charge is 0.338 e. The first-order valence-corrected chi connectivity index (χ1v) is 10.3. The molecule has 2 heterocycles. The topological polar surface area (TPSA) is 106 Å². The van der Waals surface area contributed by atoms with Gasteiger partial charge in [-0.2, -0.15) is 0 Å². The van der Waals surface area contributed by atoms with Crippen LogP contribution >= 0.6 is 0 Å². The Balaban J connectivity index is 1.55. The van der Waals surface area contributed by atoms with E-state index in [-0.39, 0.29) is 11.6 Å². The van der Waals surface area contributed by atoms with Crippen molar-refractivity contribution in [2.45, 2.75) is 38.6 Å². The molecule has 1 aromatic carbocycles. The first-order chi connectivity index (χ1) is 15.0. The van der Waals surface area contributed by atoms with Crippen LogP contribution in [-0.2, 0) is 14.3 Å². The Morgan fingerprint density at radius 1 is 1.13 bits per heavy atom. The molecule has 2 aliphatic rings. The van der Waals surface area contributed by atoms with Crippen LogP contribution in [-0.4, -0.2) is 41.4 Å². The Morgan fingerprint density at radius 2 is 1.84 bits per heavy atom. The summed E-state index contributed by atoms with van der Waals surface area (Å²) in [5.74, 6) is -0.918. The van der Waals surface area contributed by atoms with Gasteiger partial charge in [0.05, 0.1) is 12.2 Å². The molecule has 1 aromatic heterocycles. The summed E-state index contributed by atoms with van der Waals surface area (Å²) in [5, 5.41) is 2.25. The number of hydrogen-bond donors (Lipinski definition) is 1. The Labute approximate surface area is 178 Å². The number of benzene rings is 1. The number of hydrogen-bond acceptors (Lipinski definition) is 6. The van der Waals surface area contributed by atoms with Crippen LogP contribution in [0.4, 0.5) is 4.79 Å². The number of rotatable bonds is 5. The van der Waals surface area contributed by atoms with E-state index < -0.39 is 23.8 Å². The van der Waals surface area contributed by atoms with E-state index in [1.807, 2.05) is 0 Å². The highest BCUT2D eigenvalue weighted by atomic mass is 16.5. The maximum atomic E-state index is 12.9. The molecule has 0 atom stereocenters. The Bertz CT molecular complexity index is 1060. The quantitative estimate of drug-likeness (QED) is 0.449. The second-order valence-electron chi connectivity index (χ2n) is 7.43. The van der Waals surface area contributed by atoms with Gasteiger partial charge in [-0.1, -0.05) is 25.0 Å². The third-order valence-electron chi connectivity index (χ3n) is 5.42. The third kappa shape index (κ3) is 4.14. The van der Waals surface area contributed by atoms with Gasteiger partial charge in [0.2, 0.25) is 0 Å². The van der Waals surface area contributed by atoms with E-state index in [0.29, 0.717) is 23.7 Å². The molecule has 0 spiro atoms. The third-order valence-corrected chi connectivity index (χ3v) is 5.42. The molecule has 2 fully saturated rings. The van der Waals surface area contributed by atoms with Crippen LogP contribution in [0.3, 0.4) is 0 Å². The van der Waals surface area contributed by atoms with Crippen molar-refractivity contribution in [2.24, 2.45) is 0 Å². The first-order valence-electron chi connectivity index (χ1n) is 10.3. The van der Waals surface area contributed by atoms with Crippen molar-refractivity contribution in [1.29, 1.82) is 0 Å². The summed E-state index contributed by atoms with van der Waals surface area (Å²) in [4.78, 5) is 50.3. The van der Waals surface area contributed by atoms with Crippen molar-refractivity contribution in [1.82, 2.24) is 10.2 Å². The predicted octanol–water partition coefficient (Wildman–Crippen LogP) is 3.53. The minimum absolute atomic E-state index is 0.134. The van der Waals surface area contributed by atoms with Gasteiger partial charge in [-0.25, -0.2) is 9.59 Å². The van der Waals surface area contributed by atoms with Gasteiger partial charge >= 0.3 is 12.0 Å². The molecule has 0 bridgehead atoms. The number of amides is 4. The lowest BCUT2D eigenvalue weighted by atomic mass is 10.1. The molecule has 8 heteroatoms. The summed E-state index contributed by atoms with van der Waals surface area (Å²) >= 11 is 0. The number of ether oxygens (including phenoxy) is 1. The van der Waals surface area contributed by atoms with E-state index in [2.05, 4.69) is 5.32 Å². The fraction of sp³-hybridized carbons (Fsp3) is 0.304. The molecule has 1 saturated carbocycles. The zero-order chi connectivity index (χ0) is 22.0. The molecule has 1 N–H and O–H groups in total. The molecule has 4 rings (SSSR count). The molecule has 8 nitrogen and oxygen atoms in total. The van der Waals surface area contributed by atoms with Crippen LogP contribution in [0.5, 0.6) is 0 Å². The predicted molar refractivity (Wildman–Crippen MR) is 111 cm³/mol. The standard InChI is InChI=1S/C23H22N2O6/c1-2-30-22(28)15-9-7-14(8-10-15)19-12-11-17(31-19)13-18-20(26)24-23(29)25(21(18)27)16-5-3-4-6-16/h7-13,16H,2-6H2,1H3,(H,24,26,29)/b18-13-. The minimum atomic E-state index is -0.735. The Morgan fingerprint density at radius 3 is 2.52 bits per heavy atom. The van der Waals surface area contributed by atoms with E-state index >= 15 is 0 Å². The van der Waals surface area contributed by atoms with Crippen molar-refractivity contribution in [3.8, 4) is 11.3 Å². The fourth-order valence-electron chi connectivity index (χ4n) is 3.88. The normalized spacial score (nSPS) is 18.5. The zero-order valence-electron chi connectivity index (χ0n) is 17.1. The van der Waals surface area contributed by atoms with Crippen molar-refractivity contribution in [2.75, 3.05) is 6.61 Å². The maximum absolute atomic E-state index is 12.9. The highest BCUT2D eigenvalue weighted by Gasteiger charge is 2.40. The number of barbiturate groups is 1. The van der Waals surface area contributed by atoms with E-state index in [1.165, 1.54) is 6.08 Å². The summed E-state index contributed by atoms with van der Waals surface area (Å²) in [6, 6.07) is 9.21. The summed E-state index contributed by atoms with van der Waals surface area (Å²) in [6.45, 7) is 2.04. The molecule has 160 valence electrons. The molecule has 0 radical (unpaired) electrons. The Hall–Kier alpha value is -3.68. The van der Waals surface area contributed by atoms with Gasteiger partial charge in [0.1, 0.15) is 17.1 Å². The lowest BCUT2D eigenvalue weighted by Crippen LogP contribution is -2.57. The van der Waals surface area contributed by atoms with E-state index in [4.69, 9.17) is 9.15 Å². The highest BCUT2D eigenvalue weighted by Crippen LogP contribution is 2.28. The number of esters is 1. The fourth-order valence-corrected chi connectivity index (χ4v) is 3.88. The maximum Gasteiger partial charge on any atom is 0.338 e. The van der Waals surface area contributed by atoms with Crippen molar-refractivity contribution < 1.29 is 28.3 Å². The molecular weight excluding hydrogens is 400 g/mol. The van der Waals surface area contributed by atoms with Gasteiger partial charge in [-0.05, 0) is 50.1 Å². The van der Waals surface area contributed by atoms with E-state index in [0.717, 1.165) is 36.1 Å². The number of nitrogens with one attached hydrogen (secondary N) is 1. The van der Waals surface area contributed by atoms with Crippen LogP contribution in [0.25, 0.3) is 17.4 Å². The Kier molecular flexibility index (Phi) is 5.70. The number of urea groups is 1. The van der Waals surface area contributed by atoms with Gasteiger partial charge < -0.3 is 9.15 Å². The van der Waals surface area contributed by atoms with Gasteiger partial charge in [0.25, 0.3) is 11.8 Å². The summed E-state index contributed by atoms with van der Waals surface area (Å²) in [6.07, 6.45) is 4.74. The van der Waals surface area contributed by atoms with Crippen molar-refractivity contribution in [3.63, 3.8) is 0 Å². The molecule has 1 aliphatic heterocycles. The van der Waals surface area contributed by atoms with E-state index in [9.17, 15) is 19.2 Å². The van der Waals surface area contributed by atoms with Crippen LogP contribution in [0.2, 0.25) is 0 Å². The second kappa shape index (κ2) is 8.59. The first kappa shape index (κ1) is 20.6. The minimum Gasteiger partial charge on any atom is -0.462 e. The van der Waals surface area contributed by atoms with Crippen LogP contribution < -0.4 is 5.32 Å². The number of furan rings is 1.